The molecule has 2 rings (SSSR count). The van der Waals surface area contributed by atoms with Gasteiger partial charge in [0.05, 0.1) is 23.3 Å². The standard InChI is InChI=1S/C17H25N3OS/c1-17(2,3)9-10-18-15(21)11-20(4)12-16-19-13-7-5-6-8-14(13)22-16/h5-8H,9-12H2,1-4H3,(H,18,21). The number of hydrogen-bond acceptors (Lipinski definition) is 4. The van der Waals surface area contributed by atoms with Crippen LogP contribution in [0.4, 0.5) is 0 Å². The largest absolute Gasteiger partial charge is 0.355 e. The molecule has 2 aromatic rings. The molecule has 1 aromatic carbocycles. The fourth-order valence-corrected chi connectivity index (χ4v) is 3.20. The molecule has 1 N–H and O–H groups in total. The first-order chi connectivity index (χ1) is 10.3. The van der Waals surface area contributed by atoms with Crippen molar-refractivity contribution in [2.75, 3.05) is 20.1 Å². The molecule has 5 heteroatoms. The third kappa shape index (κ3) is 5.39. The third-order valence-electron chi connectivity index (χ3n) is 3.35. The summed E-state index contributed by atoms with van der Waals surface area (Å²) in [6.45, 7) is 8.37. The van der Waals surface area contributed by atoms with Crippen molar-refractivity contribution in [2.24, 2.45) is 5.41 Å². The van der Waals surface area contributed by atoms with Gasteiger partial charge in [0.15, 0.2) is 0 Å². The molecule has 0 aliphatic carbocycles. The monoisotopic (exact) mass is 319 g/mol. The van der Waals surface area contributed by atoms with Crippen LogP contribution in [0, 0.1) is 5.41 Å². The van der Waals surface area contributed by atoms with Gasteiger partial charge in [-0.1, -0.05) is 32.9 Å². The van der Waals surface area contributed by atoms with Crippen LogP contribution in [0.1, 0.15) is 32.2 Å². The molecular formula is C17H25N3OS. The fraction of sp³-hybridized carbons (Fsp3) is 0.529. The molecule has 0 bridgehead atoms. The molecule has 1 aromatic heterocycles. The normalized spacial score (nSPS) is 12.0. The number of carbonyl (C=O) groups is 1. The summed E-state index contributed by atoms with van der Waals surface area (Å²) in [5.74, 6) is 0.0767. The lowest BCUT2D eigenvalue weighted by atomic mass is 9.92. The van der Waals surface area contributed by atoms with Crippen LogP contribution in [0.3, 0.4) is 0 Å². The molecule has 4 nitrogen and oxygen atoms in total. The highest BCUT2D eigenvalue weighted by Gasteiger charge is 2.12. The Kier molecular flexibility index (Phi) is 5.53. The SMILES string of the molecule is CN(CC(=O)NCCC(C)(C)C)Cc1nc2ccccc2s1. The van der Waals surface area contributed by atoms with E-state index in [4.69, 9.17) is 0 Å². The number of carbonyl (C=O) groups excluding carboxylic acids is 1. The lowest BCUT2D eigenvalue weighted by Gasteiger charge is -2.19. The molecule has 0 aliphatic heterocycles. The summed E-state index contributed by atoms with van der Waals surface area (Å²) in [5.41, 5.74) is 1.28. The Morgan fingerprint density at radius 2 is 2.05 bits per heavy atom. The molecule has 0 atom stereocenters. The van der Waals surface area contributed by atoms with Gasteiger partial charge in [0.1, 0.15) is 5.01 Å². The van der Waals surface area contributed by atoms with E-state index in [0.717, 1.165) is 23.5 Å². The van der Waals surface area contributed by atoms with Gasteiger partial charge in [0.25, 0.3) is 0 Å². The van der Waals surface area contributed by atoms with Crippen LogP contribution in [-0.2, 0) is 11.3 Å². The van der Waals surface area contributed by atoms with E-state index in [0.29, 0.717) is 13.1 Å². The first-order valence-electron chi connectivity index (χ1n) is 7.63. The molecule has 0 fully saturated rings. The number of para-hydroxylation sites is 1. The fourth-order valence-electron chi connectivity index (χ4n) is 2.15. The molecule has 0 unspecified atom stereocenters. The van der Waals surface area contributed by atoms with Gasteiger partial charge < -0.3 is 5.32 Å². The highest BCUT2D eigenvalue weighted by Crippen LogP contribution is 2.22. The summed E-state index contributed by atoms with van der Waals surface area (Å²) >= 11 is 1.69. The van der Waals surface area contributed by atoms with Crippen molar-refractivity contribution in [1.29, 1.82) is 0 Å². The van der Waals surface area contributed by atoms with Crippen LogP contribution < -0.4 is 5.32 Å². The number of rotatable bonds is 6. The Hall–Kier alpha value is -1.46. The molecule has 1 amide bonds. The van der Waals surface area contributed by atoms with Crippen LogP contribution in [0.2, 0.25) is 0 Å². The molecule has 0 aliphatic rings. The predicted octanol–water partition coefficient (Wildman–Crippen LogP) is 3.28. The minimum absolute atomic E-state index is 0.0767. The lowest BCUT2D eigenvalue weighted by molar-refractivity contribution is -0.122. The van der Waals surface area contributed by atoms with Crippen LogP contribution in [0.5, 0.6) is 0 Å². The molecule has 0 saturated carbocycles. The summed E-state index contributed by atoms with van der Waals surface area (Å²) < 4.78 is 1.19. The van der Waals surface area contributed by atoms with Crippen LogP contribution in [0.25, 0.3) is 10.2 Å². The first kappa shape index (κ1) is 16.9. The van der Waals surface area contributed by atoms with Crippen molar-refractivity contribution < 1.29 is 4.79 Å². The molecule has 0 radical (unpaired) electrons. The van der Waals surface area contributed by atoms with E-state index in [2.05, 4.69) is 37.1 Å². The summed E-state index contributed by atoms with van der Waals surface area (Å²) in [7, 11) is 1.95. The second kappa shape index (κ2) is 7.20. The van der Waals surface area contributed by atoms with Gasteiger partial charge >= 0.3 is 0 Å². The van der Waals surface area contributed by atoms with Crippen molar-refractivity contribution in [1.82, 2.24) is 15.2 Å². The maximum absolute atomic E-state index is 11.9. The highest BCUT2D eigenvalue weighted by molar-refractivity contribution is 7.18. The number of fused-ring (bicyclic) bond motifs is 1. The maximum atomic E-state index is 11.9. The number of thiazole rings is 1. The van der Waals surface area contributed by atoms with Gasteiger partial charge in [0.2, 0.25) is 5.91 Å². The summed E-state index contributed by atoms with van der Waals surface area (Å²) in [6.07, 6.45) is 0.986. The van der Waals surface area contributed by atoms with Crippen molar-refractivity contribution in [3.8, 4) is 0 Å². The van der Waals surface area contributed by atoms with Crippen molar-refractivity contribution in [3.05, 3.63) is 29.3 Å². The van der Waals surface area contributed by atoms with Crippen LogP contribution in [-0.4, -0.2) is 35.9 Å². The quantitative estimate of drug-likeness (QED) is 0.889. The molecule has 0 spiro atoms. The van der Waals surface area contributed by atoms with Crippen LogP contribution in [0.15, 0.2) is 24.3 Å². The zero-order valence-electron chi connectivity index (χ0n) is 13.8. The number of hydrogen-bond donors (Lipinski definition) is 1. The predicted molar refractivity (Wildman–Crippen MR) is 93.0 cm³/mol. The zero-order valence-corrected chi connectivity index (χ0v) is 14.7. The van der Waals surface area contributed by atoms with Gasteiger partial charge in [-0.25, -0.2) is 4.98 Å². The molecule has 1 heterocycles. The van der Waals surface area contributed by atoms with E-state index in [1.807, 2.05) is 30.1 Å². The highest BCUT2D eigenvalue weighted by atomic mass is 32.1. The number of aromatic nitrogens is 1. The average Bonchev–Trinajstić information content (AvgIpc) is 2.78. The Morgan fingerprint density at radius 1 is 1.32 bits per heavy atom. The van der Waals surface area contributed by atoms with E-state index in [1.165, 1.54) is 4.70 Å². The third-order valence-corrected chi connectivity index (χ3v) is 4.38. The molecule has 0 saturated heterocycles. The Bertz CT molecular complexity index is 597. The molecule has 22 heavy (non-hydrogen) atoms. The summed E-state index contributed by atoms with van der Waals surface area (Å²) in [4.78, 5) is 18.5. The second-order valence-corrected chi connectivity index (χ2v) is 8.02. The van der Waals surface area contributed by atoms with Crippen LogP contribution >= 0.6 is 11.3 Å². The van der Waals surface area contributed by atoms with Crippen molar-refractivity contribution >= 4 is 27.5 Å². The van der Waals surface area contributed by atoms with Gasteiger partial charge in [-0.05, 0) is 31.0 Å². The number of nitrogens with zero attached hydrogens (tertiary/aromatic N) is 2. The van der Waals surface area contributed by atoms with Gasteiger partial charge in [-0.3, -0.25) is 9.69 Å². The number of nitrogens with one attached hydrogen (secondary N) is 1. The molecular weight excluding hydrogens is 294 g/mol. The minimum atomic E-state index is 0.0767. The van der Waals surface area contributed by atoms with Gasteiger partial charge in [-0.2, -0.15) is 0 Å². The summed E-state index contributed by atoms with van der Waals surface area (Å²) in [5, 5.41) is 4.03. The van der Waals surface area contributed by atoms with E-state index in [-0.39, 0.29) is 11.3 Å². The van der Waals surface area contributed by atoms with E-state index in [1.54, 1.807) is 11.3 Å². The average molecular weight is 319 g/mol. The smallest absolute Gasteiger partial charge is 0.234 e. The van der Waals surface area contributed by atoms with Gasteiger partial charge in [0, 0.05) is 6.54 Å². The Labute approximate surface area is 136 Å². The summed E-state index contributed by atoms with van der Waals surface area (Å²) in [6, 6.07) is 8.12. The van der Waals surface area contributed by atoms with Crippen molar-refractivity contribution in [3.63, 3.8) is 0 Å². The first-order valence-corrected chi connectivity index (χ1v) is 8.45. The van der Waals surface area contributed by atoms with Gasteiger partial charge in [-0.15, -0.1) is 11.3 Å². The Morgan fingerprint density at radius 3 is 2.73 bits per heavy atom. The Balaban J connectivity index is 1.79. The van der Waals surface area contributed by atoms with Crippen molar-refractivity contribution in [2.45, 2.75) is 33.7 Å². The number of likely N-dealkylation sites (N-methyl/N-ethyl adjacent to an activating group) is 1. The zero-order chi connectivity index (χ0) is 16.2. The number of amides is 1. The topological polar surface area (TPSA) is 45.2 Å². The minimum Gasteiger partial charge on any atom is -0.355 e. The van der Waals surface area contributed by atoms with E-state index in [9.17, 15) is 4.79 Å². The van der Waals surface area contributed by atoms with E-state index >= 15 is 0 Å². The number of benzene rings is 1. The second-order valence-electron chi connectivity index (χ2n) is 6.91. The van der Waals surface area contributed by atoms with E-state index < -0.39 is 0 Å². The maximum Gasteiger partial charge on any atom is 0.234 e. The molecule has 120 valence electrons. The lowest BCUT2D eigenvalue weighted by Crippen LogP contribution is -2.36.